The number of aliphatic hydroxyl groups excluding tert-OH is 1. The minimum Gasteiger partial charge on any atom is -0.373 e. The molecule has 0 spiro atoms. The number of halogens is 2. The molecule has 0 radical (unpaired) electrons. The van der Waals surface area contributed by atoms with Gasteiger partial charge in [0.25, 0.3) is 5.56 Å². The third-order valence-corrected chi connectivity index (χ3v) is 5.75. The summed E-state index contributed by atoms with van der Waals surface area (Å²) in [5.41, 5.74) is -0.790. The number of rotatable bonds is 6. The van der Waals surface area contributed by atoms with Crippen molar-refractivity contribution >= 4 is 29.0 Å². The van der Waals surface area contributed by atoms with Gasteiger partial charge >= 0.3 is 0 Å². The molecule has 1 aromatic carbocycles. The monoisotopic (exact) mass is 442 g/mol. The average molecular weight is 443 g/mol. The maximum Gasteiger partial charge on any atom is 0.255 e. The summed E-state index contributed by atoms with van der Waals surface area (Å²) in [7, 11) is 0. The van der Waals surface area contributed by atoms with E-state index in [1.165, 1.54) is 35.2 Å². The van der Waals surface area contributed by atoms with Crippen LogP contribution in [0.25, 0.3) is 5.69 Å². The number of carbonyl (C=O) groups is 1. The molecule has 3 N–H and O–H groups in total. The van der Waals surface area contributed by atoms with E-state index in [4.69, 9.17) is 11.6 Å². The van der Waals surface area contributed by atoms with E-state index in [2.05, 4.69) is 15.6 Å². The van der Waals surface area contributed by atoms with Gasteiger partial charge in [-0.05, 0) is 36.8 Å². The number of amides is 1. The van der Waals surface area contributed by atoms with Crippen molar-refractivity contribution in [3.63, 3.8) is 0 Å². The Labute approximate surface area is 182 Å². The summed E-state index contributed by atoms with van der Waals surface area (Å²) in [5.74, 6) is -0.989. The lowest BCUT2D eigenvalue weighted by atomic mass is 10.0. The van der Waals surface area contributed by atoms with Gasteiger partial charge < -0.3 is 15.7 Å². The predicted molar refractivity (Wildman–Crippen MR) is 116 cm³/mol. The van der Waals surface area contributed by atoms with Gasteiger partial charge in [-0.3, -0.25) is 14.2 Å². The minimum atomic E-state index is -0.999. The van der Waals surface area contributed by atoms with Crippen molar-refractivity contribution in [1.82, 2.24) is 9.55 Å². The lowest BCUT2D eigenvalue weighted by Crippen LogP contribution is -2.30. The smallest absolute Gasteiger partial charge is 0.255 e. The number of benzene rings is 1. The molecule has 2 aromatic heterocycles. The van der Waals surface area contributed by atoms with E-state index in [0.29, 0.717) is 22.9 Å². The van der Waals surface area contributed by atoms with Gasteiger partial charge in [0.2, 0.25) is 5.91 Å². The molecule has 160 valence electrons. The van der Waals surface area contributed by atoms with Gasteiger partial charge in [0, 0.05) is 30.4 Å². The second kappa shape index (κ2) is 8.13. The van der Waals surface area contributed by atoms with Crippen LogP contribution in [0.3, 0.4) is 0 Å². The Morgan fingerprint density at radius 1 is 1.32 bits per heavy atom. The van der Waals surface area contributed by atoms with Gasteiger partial charge in [0.1, 0.15) is 17.9 Å². The van der Waals surface area contributed by atoms with E-state index in [1.807, 2.05) is 0 Å². The Hall–Kier alpha value is -3.23. The summed E-state index contributed by atoms with van der Waals surface area (Å²) >= 11 is 5.80. The van der Waals surface area contributed by atoms with E-state index in [-0.39, 0.29) is 17.2 Å². The van der Waals surface area contributed by atoms with E-state index >= 15 is 0 Å². The van der Waals surface area contributed by atoms with Crippen molar-refractivity contribution in [2.75, 3.05) is 10.6 Å². The number of hydrogen-bond donors (Lipinski definition) is 3. The summed E-state index contributed by atoms with van der Waals surface area (Å²) in [6.07, 6.45) is 2.42. The topological polar surface area (TPSA) is 96.2 Å². The molecule has 0 saturated heterocycles. The van der Waals surface area contributed by atoms with Gasteiger partial charge in [-0.15, -0.1) is 0 Å². The molecule has 1 aliphatic carbocycles. The molecule has 3 atom stereocenters. The van der Waals surface area contributed by atoms with E-state index in [1.54, 1.807) is 37.3 Å². The molecular weight excluding hydrogens is 423 g/mol. The first-order valence-corrected chi connectivity index (χ1v) is 10.0. The fourth-order valence-electron chi connectivity index (χ4n) is 3.49. The number of hydrogen-bond acceptors (Lipinski definition) is 5. The second-order valence-electron chi connectivity index (χ2n) is 7.71. The number of nitrogens with zero attached hydrogens (tertiary/aromatic N) is 2. The highest BCUT2D eigenvalue weighted by Crippen LogP contribution is 2.54. The van der Waals surface area contributed by atoms with Crippen molar-refractivity contribution in [3.05, 3.63) is 82.1 Å². The van der Waals surface area contributed by atoms with Crippen molar-refractivity contribution in [2.45, 2.75) is 19.6 Å². The molecule has 9 heteroatoms. The lowest BCUT2D eigenvalue weighted by molar-refractivity contribution is -0.121. The minimum absolute atomic E-state index is 0.00595. The Balaban J connectivity index is 1.43. The van der Waals surface area contributed by atoms with E-state index < -0.39 is 23.4 Å². The first kappa shape index (κ1) is 21.0. The summed E-state index contributed by atoms with van der Waals surface area (Å²) in [5, 5.41) is 16.3. The Morgan fingerprint density at radius 2 is 2.13 bits per heavy atom. The van der Waals surface area contributed by atoms with Gasteiger partial charge in [-0.2, -0.15) is 0 Å². The molecule has 1 fully saturated rings. The summed E-state index contributed by atoms with van der Waals surface area (Å²) in [6, 6.07) is 12.1. The van der Waals surface area contributed by atoms with Crippen LogP contribution < -0.4 is 16.2 Å². The molecule has 4 rings (SSSR count). The van der Waals surface area contributed by atoms with Crippen molar-refractivity contribution in [1.29, 1.82) is 0 Å². The molecule has 1 aliphatic rings. The molecule has 2 heterocycles. The highest BCUT2D eigenvalue weighted by atomic mass is 35.5. The molecule has 31 heavy (non-hydrogen) atoms. The largest absolute Gasteiger partial charge is 0.373 e. The SMILES string of the molecule is C[C@@]1(C(=O)Nc2ccc(-n3ccccc3=O)cc2F)C[C@@H]1C(O)Nc1ccc(Cl)cn1. The van der Waals surface area contributed by atoms with Crippen LogP contribution in [0, 0.1) is 17.2 Å². The number of nitrogens with one attached hydrogen (secondary N) is 2. The maximum absolute atomic E-state index is 14.6. The van der Waals surface area contributed by atoms with Gasteiger partial charge in [-0.25, -0.2) is 9.37 Å². The third-order valence-electron chi connectivity index (χ3n) is 5.53. The Morgan fingerprint density at radius 3 is 2.81 bits per heavy atom. The molecule has 0 aliphatic heterocycles. The fraction of sp³-hybridized carbons (Fsp3) is 0.227. The first-order valence-electron chi connectivity index (χ1n) is 9.63. The van der Waals surface area contributed by atoms with Gasteiger partial charge in [-0.1, -0.05) is 24.6 Å². The van der Waals surface area contributed by atoms with E-state index in [9.17, 15) is 19.1 Å². The zero-order valence-electron chi connectivity index (χ0n) is 16.5. The second-order valence-corrected chi connectivity index (χ2v) is 8.14. The molecule has 1 unspecified atom stereocenters. The first-order chi connectivity index (χ1) is 14.8. The van der Waals surface area contributed by atoms with Crippen LogP contribution in [0.15, 0.2) is 65.7 Å². The van der Waals surface area contributed by atoms with Crippen LogP contribution in [-0.4, -0.2) is 26.8 Å². The molecular formula is C22H20ClFN4O3. The van der Waals surface area contributed by atoms with Crippen molar-refractivity contribution in [2.24, 2.45) is 11.3 Å². The summed E-state index contributed by atoms with van der Waals surface area (Å²) in [4.78, 5) is 28.7. The molecule has 7 nitrogen and oxygen atoms in total. The zero-order chi connectivity index (χ0) is 22.2. The van der Waals surface area contributed by atoms with Crippen LogP contribution in [0.4, 0.5) is 15.9 Å². The van der Waals surface area contributed by atoms with Gasteiger partial charge in [0.15, 0.2) is 0 Å². The third kappa shape index (κ3) is 4.30. The molecule has 1 amide bonds. The normalized spacial score (nSPS) is 20.7. The molecule has 3 aromatic rings. The predicted octanol–water partition coefficient (Wildman–Crippen LogP) is 3.42. The summed E-state index contributed by atoms with van der Waals surface area (Å²) in [6.45, 7) is 1.71. The number of aromatic nitrogens is 2. The maximum atomic E-state index is 14.6. The number of anilines is 2. The standard InChI is InChI=1S/C22H20ClFN4O3/c1-22(11-15(22)20(30)27-18-8-5-13(23)12-25-18)21(31)26-17-7-6-14(10-16(17)24)28-9-3-2-4-19(28)29/h2-10,12,15,20,30H,11H2,1H3,(H,25,27)(H,26,31)/t15-,20?,22-/m1/s1. The van der Waals surface area contributed by atoms with E-state index in [0.717, 1.165) is 0 Å². The zero-order valence-corrected chi connectivity index (χ0v) is 17.3. The highest BCUT2D eigenvalue weighted by molar-refractivity contribution is 6.30. The van der Waals surface area contributed by atoms with Crippen LogP contribution in [-0.2, 0) is 4.79 Å². The van der Waals surface area contributed by atoms with Gasteiger partial charge in [0.05, 0.1) is 21.8 Å². The highest BCUT2D eigenvalue weighted by Gasteiger charge is 2.59. The van der Waals surface area contributed by atoms with Crippen molar-refractivity contribution in [3.8, 4) is 5.69 Å². The lowest BCUT2D eigenvalue weighted by Gasteiger charge is -2.18. The number of carbonyl (C=O) groups excluding carboxylic acids is 1. The fourth-order valence-corrected chi connectivity index (χ4v) is 3.61. The average Bonchev–Trinajstić information content (AvgIpc) is 3.45. The van der Waals surface area contributed by atoms with Crippen molar-refractivity contribution < 1.29 is 14.3 Å². The number of aliphatic hydroxyl groups is 1. The number of pyridine rings is 2. The Bertz CT molecular complexity index is 1180. The Kier molecular flexibility index (Phi) is 5.51. The van der Waals surface area contributed by atoms with Crippen LogP contribution in [0.1, 0.15) is 13.3 Å². The quantitative estimate of drug-likeness (QED) is 0.508. The molecule has 0 bridgehead atoms. The molecule has 1 saturated carbocycles. The van der Waals surface area contributed by atoms with Crippen LogP contribution >= 0.6 is 11.6 Å². The van der Waals surface area contributed by atoms with Crippen LogP contribution in [0.2, 0.25) is 5.02 Å². The summed E-state index contributed by atoms with van der Waals surface area (Å²) < 4.78 is 15.9. The van der Waals surface area contributed by atoms with Crippen LogP contribution in [0.5, 0.6) is 0 Å².